The fourth-order valence-electron chi connectivity index (χ4n) is 2.56. The summed E-state index contributed by atoms with van der Waals surface area (Å²) in [4.78, 5) is 16.1. The molecule has 122 valence electrons. The summed E-state index contributed by atoms with van der Waals surface area (Å²) in [6, 6.07) is 5.39. The van der Waals surface area contributed by atoms with Crippen LogP contribution in [0.25, 0.3) is 0 Å². The molecule has 0 saturated carbocycles. The molecule has 22 heavy (non-hydrogen) atoms. The summed E-state index contributed by atoms with van der Waals surface area (Å²) in [5.74, 6) is -0.172. The van der Waals surface area contributed by atoms with E-state index in [-0.39, 0.29) is 12.5 Å². The van der Waals surface area contributed by atoms with E-state index in [0.717, 1.165) is 18.7 Å². The SMILES string of the molecule is Cc1cccc(C(=O)N(C)CC(O)CN2CCOCC2)c1Cl. The summed E-state index contributed by atoms with van der Waals surface area (Å²) in [5.41, 5.74) is 1.34. The Balaban J connectivity index is 1.91. The Kier molecular flexibility index (Phi) is 6.20. The van der Waals surface area contributed by atoms with Gasteiger partial charge in [-0.3, -0.25) is 9.69 Å². The number of hydrogen-bond acceptors (Lipinski definition) is 4. The van der Waals surface area contributed by atoms with Crippen LogP contribution >= 0.6 is 11.6 Å². The van der Waals surface area contributed by atoms with Crippen LogP contribution in [0.4, 0.5) is 0 Å². The predicted octanol–water partition coefficient (Wildman–Crippen LogP) is 1.41. The van der Waals surface area contributed by atoms with Crippen molar-refractivity contribution in [2.45, 2.75) is 13.0 Å². The Bertz CT molecular complexity index is 518. The minimum atomic E-state index is -0.587. The number of carbonyl (C=O) groups is 1. The molecule has 0 radical (unpaired) electrons. The quantitative estimate of drug-likeness (QED) is 0.889. The molecule has 1 aliphatic rings. The van der Waals surface area contributed by atoms with E-state index in [2.05, 4.69) is 4.90 Å². The minimum absolute atomic E-state index is 0.172. The van der Waals surface area contributed by atoms with Gasteiger partial charge in [0.05, 0.1) is 29.9 Å². The van der Waals surface area contributed by atoms with E-state index < -0.39 is 6.10 Å². The number of ether oxygens (including phenoxy) is 1. The third kappa shape index (κ3) is 4.43. The van der Waals surface area contributed by atoms with Gasteiger partial charge in [0, 0.05) is 33.2 Å². The molecular weight excluding hydrogens is 304 g/mol. The van der Waals surface area contributed by atoms with Crippen molar-refractivity contribution in [1.29, 1.82) is 0 Å². The number of hydrogen-bond donors (Lipinski definition) is 1. The average Bonchev–Trinajstić information content (AvgIpc) is 2.50. The maximum atomic E-state index is 12.4. The smallest absolute Gasteiger partial charge is 0.255 e. The lowest BCUT2D eigenvalue weighted by atomic mass is 10.1. The Hall–Kier alpha value is -1.14. The van der Waals surface area contributed by atoms with Crippen molar-refractivity contribution in [3.05, 3.63) is 34.3 Å². The van der Waals surface area contributed by atoms with E-state index in [9.17, 15) is 9.90 Å². The van der Waals surface area contributed by atoms with Gasteiger partial charge in [0.1, 0.15) is 0 Å². The highest BCUT2D eigenvalue weighted by molar-refractivity contribution is 6.34. The molecule has 1 saturated heterocycles. The van der Waals surface area contributed by atoms with Gasteiger partial charge in [-0.25, -0.2) is 0 Å². The summed E-state index contributed by atoms with van der Waals surface area (Å²) >= 11 is 6.19. The summed E-state index contributed by atoms with van der Waals surface area (Å²) in [6.45, 7) is 5.72. The highest BCUT2D eigenvalue weighted by Gasteiger charge is 2.20. The number of β-amino-alcohol motifs (C(OH)–C–C–N with tert-alkyl or cyclic N) is 1. The van der Waals surface area contributed by atoms with Crippen LogP contribution in [-0.4, -0.2) is 73.4 Å². The number of benzene rings is 1. The molecule has 1 amide bonds. The molecule has 2 rings (SSSR count). The molecule has 0 spiro atoms. The zero-order valence-electron chi connectivity index (χ0n) is 13.1. The Labute approximate surface area is 136 Å². The van der Waals surface area contributed by atoms with Gasteiger partial charge in [0.15, 0.2) is 0 Å². The summed E-state index contributed by atoms with van der Waals surface area (Å²) < 4.78 is 5.28. The summed E-state index contributed by atoms with van der Waals surface area (Å²) in [6.07, 6.45) is -0.587. The second-order valence-corrected chi connectivity index (χ2v) is 6.07. The second kappa shape index (κ2) is 7.92. The highest BCUT2D eigenvalue weighted by atomic mass is 35.5. The first kappa shape index (κ1) is 17.2. The zero-order chi connectivity index (χ0) is 16.1. The molecule has 1 N–H and O–H groups in total. The first-order valence-corrected chi connectivity index (χ1v) is 7.85. The lowest BCUT2D eigenvalue weighted by Crippen LogP contribution is -2.45. The van der Waals surface area contributed by atoms with E-state index in [0.29, 0.717) is 30.3 Å². The maximum absolute atomic E-state index is 12.4. The zero-order valence-corrected chi connectivity index (χ0v) is 13.8. The third-order valence-corrected chi connectivity index (χ3v) is 4.33. The molecule has 6 heteroatoms. The topological polar surface area (TPSA) is 53.0 Å². The van der Waals surface area contributed by atoms with Gasteiger partial charge in [0.2, 0.25) is 0 Å². The number of nitrogens with zero attached hydrogens (tertiary/aromatic N) is 2. The Morgan fingerprint density at radius 2 is 2.14 bits per heavy atom. The Morgan fingerprint density at radius 1 is 1.45 bits per heavy atom. The number of aliphatic hydroxyl groups is 1. The number of aliphatic hydroxyl groups excluding tert-OH is 1. The van der Waals surface area contributed by atoms with Gasteiger partial charge >= 0.3 is 0 Å². The van der Waals surface area contributed by atoms with Crippen LogP contribution in [-0.2, 0) is 4.74 Å². The number of rotatable bonds is 5. The standard InChI is InChI=1S/C16H23ClN2O3/c1-12-4-3-5-14(15(12)17)16(21)18(2)10-13(20)11-19-6-8-22-9-7-19/h3-5,13,20H,6-11H2,1-2H3. The Morgan fingerprint density at radius 3 is 2.82 bits per heavy atom. The summed E-state index contributed by atoms with van der Waals surface area (Å²) in [5, 5.41) is 10.7. The van der Waals surface area contributed by atoms with Gasteiger partial charge in [-0.2, -0.15) is 0 Å². The van der Waals surface area contributed by atoms with E-state index >= 15 is 0 Å². The molecule has 1 unspecified atom stereocenters. The van der Waals surface area contributed by atoms with Gasteiger partial charge in [-0.05, 0) is 18.6 Å². The van der Waals surface area contributed by atoms with Crippen molar-refractivity contribution in [1.82, 2.24) is 9.80 Å². The first-order valence-electron chi connectivity index (χ1n) is 7.47. The molecule has 1 aromatic rings. The average molecular weight is 327 g/mol. The van der Waals surface area contributed by atoms with Crippen LogP contribution in [0.5, 0.6) is 0 Å². The number of carbonyl (C=O) groups excluding carboxylic acids is 1. The normalized spacial score (nSPS) is 17.3. The molecule has 1 atom stereocenters. The van der Waals surface area contributed by atoms with E-state index in [1.165, 1.54) is 4.90 Å². The molecule has 0 aliphatic carbocycles. The lowest BCUT2D eigenvalue weighted by molar-refractivity contribution is 0.00879. The van der Waals surface area contributed by atoms with Crippen LogP contribution in [0.1, 0.15) is 15.9 Å². The summed E-state index contributed by atoms with van der Waals surface area (Å²) in [7, 11) is 1.68. The van der Waals surface area contributed by atoms with Crippen LogP contribution in [0.3, 0.4) is 0 Å². The van der Waals surface area contributed by atoms with Gasteiger partial charge in [0.25, 0.3) is 5.91 Å². The molecule has 1 aliphatic heterocycles. The van der Waals surface area contributed by atoms with Crippen molar-refractivity contribution >= 4 is 17.5 Å². The van der Waals surface area contributed by atoms with Crippen molar-refractivity contribution in [3.8, 4) is 0 Å². The fourth-order valence-corrected chi connectivity index (χ4v) is 2.76. The van der Waals surface area contributed by atoms with Gasteiger partial charge in [-0.1, -0.05) is 23.7 Å². The lowest BCUT2D eigenvalue weighted by Gasteiger charge is -2.30. The minimum Gasteiger partial charge on any atom is -0.390 e. The molecule has 0 aromatic heterocycles. The maximum Gasteiger partial charge on any atom is 0.255 e. The number of aryl methyl sites for hydroxylation is 1. The van der Waals surface area contributed by atoms with Crippen LogP contribution < -0.4 is 0 Å². The highest BCUT2D eigenvalue weighted by Crippen LogP contribution is 2.21. The number of amides is 1. The monoisotopic (exact) mass is 326 g/mol. The van der Waals surface area contributed by atoms with E-state index in [1.54, 1.807) is 13.1 Å². The number of likely N-dealkylation sites (N-methyl/N-ethyl adjacent to an activating group) is 1. The van der Waals surface area contributed by atoms with Gasteiger partial charge < -0.3 is 14.7 Å². The molecule has 5 nitrogen and oxygen atoms in total. The van der Waals surface area contributed by atoms with Crippen molar-refractivity contribution < 1.29 is 14.6 Å². The first-order chi connectivity index (χ1) is 10.5. The fraction of sp³-hybridized carbons (Fsp3) is 0.562. The van der Waals surface area contributed by atoms with Crippen molar-refractivity contribution in [2.24, 2.45) is 0 Å². The number of halogens is 1. The van der Waals surface area contributed by atoms with Gasteiger partial charge in [-0.15, -0.1) is 0 Å². The van der Waals surface area contributed by atoms with Crippen molar-refractivity contribution in [2.75, 3.05) is 46.4 Å². The van der Waals surface area contributed by atoms with Crippen LogP contribution in [0.2, 0.25) is 5.02 Å². The van der Waals surface area contributed by atoms with Crippen LogP contribution in [0, 0.1) is 6.92 Å². The largest absolute Gasteiger partial charge is 0.390 e. The van der Waals surface area contributed by atoms with Crippen molar-refractivity contribution in [3.63, 3.8) is 0 Å². The van der Waals surface area contributed by atoms with Crippen LogP contribution in [0.15, 0.2) is 18.2 Å². The third-order valence-electron chi connectivity index (χ3n) is 3.83. The second-order valence-electron chi connectivity index (χ2n) is 5.69. The molecule has 1 aromatic carbocycles. The molecular formula is C16H23ClN2O3. The molecule has 1 fully saturated rings. The van der Waals surface area contributed by atoms with E-state index in [4.69, 9.17) is 16.3 Å². The van der Waals surface area contributed by atoms with E-state index in [1.807, 2.05) is 19.1 Å². The molecule has 1 heterocycles. The predicted molar refractivity (Wildman–Crippen MR) is 86.4 cm³/mol. The molecule has 0 bridgehead atoms. The number of morpholine rings is 1.